The van der Waals surface area contributed by atoms with Crippen LogP contribution in [0.1, 0.15) is 5.56 Å². The average molecular weight is 355 g/mol. The predicted octanol–water partition coefficient (Wildman–Crippen LogP) is 6.11. The molecule has 0 N–H and O–H groups in total. The first-order chi connectivity index (χ1) is 11.7. The highest BCUT2D eigenvalue weighted by Crippen LogP contribution is 2.25. The zero-order valence-electron chi connectivity index (χ0n) is 13.0. The number of halogens is 1. The first-order valence-electron chi connectivity index (χ1n) is 7.32. The van der Waals surface area contributed by atoms with Crippen molar-refractivity contribution < 1.29 is 4.42 Å². The normalized spacial score (nSPS) is 10.1. The van der Waals surface area contributed by atoms with Crippen molar-refractivity contribution in [2.45, 2.75) is 6.92 Å². The maximum Gasteiger partial charge on any atom is 0.181 e. The molecule has 4 aromatic rings. The molecule has 0 radical (unpaired) electrons. The van der Waals surface area contributed by atoms with Crippen LogP contribution in [0.25, 0.3) is 21.7 Å². The molecule has 2 aromatic heterocycles. The minimum absolute atomic E-state index is 0.765. The van der Waals surface area contributed by atoms with Crippen LogP contribution in [0.15, 0.2) is 77.3 Å². The van der Waals surface area contributed by atoms with Crippen molar-refractivity contribution in [3.8, 4) is 21.7 Å². The topological polar surface area (TPSA) is 38.9 Å². The smallest absolute Gasteiger partial charge is 0.181 e. The van der Waals surface area contributed by atoms with E-state index in [1.165, 1.54) is 12.0 Å². The minimum atomic E-state index is 0.765. The van der Waals surface area contributed by atoms with Gasteiger partial charge in [0.05, 0.1) is 10.4 Å². The van der Waals surface area contributed by atoms with E-state index in [1.54, 1.807) is 17.6 Å². The van der Waals surface area contributed by atoms with Gasteiger partial charge >= 0.3 is 0 Å². The van der Waals surface area contributed by atoms with Crippen LogP contribution in [0.3, 0.4) is 0 Å². The molecule has 2 aromatic carbocycles. The van der Waals surface area contributed by atoms with Crippen molar-refractivity contribution in [3.63, 3.8) is 0 Å². The second kappa shape index (κ2) is 7.90. The van der Waals surface area contributed by atoms with Crippen LogP contribution in [0.4, 0.5) is 0 Å². The largest absolute Gasteiger partial charge is 0.451 e. The fraction of sp³-hybridized carbons (Fsp3) is 0.0526. The maximum absolute atomic E-state index is 5.85. The third-order valence-electron chi connectivity index (χ3n) is 3.29. The van der Waals surface area contributed by atoms with Gasteiger partial charge in [-0.1, -0.05) is 47.5 Å². The fourth-order valence-corrected chi connectivity index (χ4v) is 2.97. The number of oxazole rings is 1. The van der Waals surface area contributed by atoms with E-state index in [0.29, 0.717) is 0 Å². The van der Waals surface area contributed by atoms with Crippen LogP contribution in [0.2, 0.25) is 5.02 Å². The van der Waals surface area contributed by atoms with Gasteiger partial charge in [0, 0.05) is 16.8 Å². The summed E-state index contributed by atoms with van der Waals surface area (Å²) in [7, 11) is 0. The third-order valence-corrected chi connectivity index (χ3v) is 4.34. The number of hydrogen-bond donors (Lipinski definition) is 0. The molecule has 0 aliphatic rings. The number of aryl methyl sites for hydroxylation is 1. The Bertz CT molecular complexity index is 814. The van der Waals surface area contributed by atoms with Crippen LogP contribution in [0.5, 0.6) is 0 Å². The Morgan fingerprint density at radius 3 is 2.54 bits per heavy atom. The molecule has 4 rings (SSSR count). The van der Waals surface area contributed by atoms with Crippen LogP contribution in [-0.2, 0) is 0 Å². The number of rotatable bonds is 2. The van der Waals surface area contributed by atoms with Crippen LogP contribution >= 0.6 is 22.9 Å². The van der Waals surface area contributed by atoms with Gasteiger partial charge in [-0.2, -0.15) is 0 Å². The number of nitrogens with zero attached hydrogens (tertiary/aromatic N) is 2. The van der Waals surface area contributed by atoms with E-state index >= 15 is 0 Å². The third kappa shape index (κ3) is 4.31. The Balaban J connectivity index is 0.000000141. The summed E-state index contributed by atoms with van der Waals surface area (Å²) in [5, 5.41) is 0.765. The van der Waals surface area contributed by atoms with Gasteiger partial charge in [-0.05, 0) is 30.7 Å². The SMILES string of the molecule is Cc1cccc(-c2cocn2)c1.Clc1cccc(-c2cncs2)c1. The molecule has 0 saturated carbocycles. The molecular formula is C19H15ClN2OS. The first-order valence-corrected chi connectivity index (χ1v) is 8.58. The zero-order chi connectivity index (χ0) is 16.8. The number of aromatic nitrogens is 2. The second-order valence-electron chi connectivity index (χ2n) is 5.12. The lowest BCUT2D eigenvalue weighted by Crippen LogP contribution is -1.77. The highest BCUT2D eigenvalue weighted by Gasteiger charge is 1.99. The lowest BCUT2D eigenvalue weighted by molar-refractivity contribution is 0.558. The summed E-state index contributed by atoms with van der Waals surface area (Å²) in [5.41, 5.74) is 6.17. The van der Waals surface area contributed by atoms with Crippen molar-refractivity contribution in [1.29, 1.82) is 0 Å². The molecule has 0 amide bonds. The van der Waals surface area contributed by atoms with Crippen molar-refractivity contribution >= 4 is 22.9 Å². The molecule has 0 saturated heterocycles. The Kier molecular flexibility index (Phi) is 5.41. The second-order valence-corrected chi connectivity index (χ2v) is 6.44. The van der Waals surface area contributed by atoms with Gasteiger partial charge < -0.3 is 4.42 Å². The maximum atomic E-state index is 5.85. The van der Waals surface area contributed by atoms with E-state index in [1.807, 2.05) is 48.1 Å². The van der Waals surface area contributed by atoms with E-state index < -0.39 is 0 Å². The van der Waals surface area contributed by atoms with Crippen LogP contribution in [0, 0.1) is 6.92 Å². The van der Waals surface area contributed by atoms with Gasteiger partial charge in [0.25, 0.3) is 0 Å². The standard InChI is InChI=1S/C10H9NO.C9H6ClNS/c1-8-3-2-4-9(5-8)10-6-12-7-11-10;10-8-3-1-2-7(4-8)9-5-11-6-12-9/h2-7H,1H3;1-6H. The summed E-state index contributed by atoms with van der Waals surface area (Å²) in [5.74, 6) is 0. The van der Waals surface area contributed by atoms with E-state index in [-0.39, 0.29) is 0 Å². The Morgan fingerprint density at radius 1 is 1.04 bits per heavy atom. The van der Waals surface area contributed by atoms with E-state index in [2.05, 4.69) is 29.0 Å². The Hall–Kier alpha value is -2.43. The van der Waals surface area contributed by atoms with Crippen molar-refractivity contribution in [3.05, 3.63) is 83.5 Å². The fourth-order valence-electron chi connectivity index (χ4n) is 2.16. The van der Waals surface area contributed by atoms with Crippen molar-refractivity contribution in [2.24, 2.45) is 0 Å². The molecule has 0 spiro atoms. The van der Waals surface area contributed by atoms with Gasteiger partial charge in [0.2, 0.25) is 0 Å². The van der Waals surface area contributed by atoms with Gasteiger partial charge in [-0.15, -0.1) is 11.3 Å². The molecular weight excluding hydrogens is 340 g/mol. The summed E-state index contributed by atoms with van der Waals surface area (Å²) in [6.45, 7) is 2.06. The number of benzene rings is 2. The first kappa shape index (κ1) is 16.4. The van der Waals surface area contributed by atoms with E-state index in [4.69, 9.17) is 16.0 Å². The van der Waals surface area contributed by atoms with Crippen LogP contribution < -0.4 is 0 Å². The van der Waals surface area contributed by atoms with E-state index in [9.17, 15) is 0 Å². The quantitative estimate of drug-likeness (QED) is 0.435. The summed E-state index contributed by atoms with van der Waals surface area (Å²) < 4.78 is 4.90. The molecule has 0 aliphatic carbocycles. The lowest BCUT2D eigenvalue weighted by atomic mass is 10.1. The molecule has 0 unspecified atom stereocenters. The van der Waals surface area contributed by atoms with Crippen molar-refractivity contribution in [2.75, 3.05) is 0 Å². The molecule has 120 valence electrons. The van der Waals surface area contributed by atoms with Crippen molar-refractivity contribution in [1.82, 2.24) is 9.97 Å². The monoisotopic (exact) mass is 354 g/mol. The number of hydrogen-bond acceptors (Lipinski definition) is 4. The molecule has 3 nitrogen and oxygen atoms in total. The Labute approximate surface area is 149 Å². The van der Waals surface area contributed by atoms with Gasteiger partial charge in [-0.3, -0.25) is 4.98 Å². The molecule has 5 heteroatoms. The molecule has 0 atom stereocenters. The molecule has 24 heavy (non-hydrogen) atoms. The molecule has 2 heterocycles. The predicted molar refractivity (Wildman–Crippen MR) is 99.2 cm³/mol. The van der Waals surface area contributed by atoms with Crippen LogP contribution in [-0.4, -0.2) is 9.97 Å². The molecule has 0 aliphatic heterocycles. The van der Waals surface area contributed by atoms with Gasteiger partial charge in [0.15, 0.2) is 6.39 Å². The highest BCUT2D eigenvalue weighted by atomic mass is 35.5. The summed E-state index contributed by atoms with van der Waals surface area (Å²) in [6, 6.07) is 15.9. The highest BCUT2D eigenvalue weighted by molar-refractivity contribution is 7.13. The minimum Gasteiger partial charge on any atom is -0.451 e. The zero-order valence-corrected chi connectivity index (χ0v) is 14.6. The summed E-state index contributed by atoms with van der Waals surface area (Å²) in [6.07, 6.45) is 4.93. The molecule has 0 fully saturated rings. The molecule has 0 bridgehead atoms. The summed E-state index contributed by atoms with van der Waals surface area (Å²) >= 11 is 7.46. The number of thiazole rings is 1. The van der Waals surface area contributed by atoms with Gasteiger partial charge in [-0.25, -0.2) is 4.98 Å². The Morgan fingerprint density at radius 2 is 1.88 bits per heavy atom. The van der Waals surface area contributed by atoms with E-state index in [0.717, 1.165) is 26.7 Å². The van der Waals surface area contributed by atoms with Gasteiger partial charge in [0.1, 0.15) is 12.0 Å². The average Bonchev–Trinajstić information content (AvgIpc) is 3.29. The lowest BCUT2D eigenvalue weighted by Gasteiger charge is -1.95. The summed E-state index contributed by atoms with van der Waals surface area (Å²) in [4.78, 5) is 9.22.